The van der Waals surface area contributed by atoms with Crippen molar-refractivity contribution in [3.63, 3.8) is 0 Å². The van der Waals surface area contributed by atoms with Crippen LogP contribution in [0.15, 0.2) is 52.9 Å². The summed E-state index contributed by atoms with van der Waals surface area (Å²) in [6, 6.07) is 12.0. The number of amides is 1. The number of furan rings is 1. The molecule has 0 unspecified atom stereocenters. The molecule has 1 aromatic heterocycles. The normalized spacial score (nSPS) is 10.5. The lowest BCUT2D eigenvalue weighted by molar-refractivity contribution is -0.384. The van der Waals surface area contributed by atoms with Gasteiger partial charge >= 0.3 is 6.09 Å². The zero-order valence-corrected chi connectivity index (χ0v) is 13.7. The molecule has 0 fully saturated rings. The van der Waals surface area contributed by atoms with Crippen LogP contribution in [0.1, 0.15) is 23.0 Å². The number of anilines is 1. The van der Waals surface area contributed by atoms with E-state index >= 15 is 0 Å². The van der Waals surface area contributed by atoms with Gasteiger partial charge in [-0.1, -0.05) is 12.1 Å². The van der Waals surface area contributed by atoms with Crippen molar-refractivity contribution in [2.75, 3.05) is 11.9 Å². The molecule has 2 aromatic carbocycles. The molecule has 8 nitrogen and oxygen atoms in total. The summed E-state index contributed by atoms with van der Waals surface area (Å²) in [6.45, 7) is 1.84. The standard InChI is InChI=1S/C18H14N2O6/c1-2-25-18(22)19-15-13-5-3-4-6-14(13)26-17(15)16(21)11-7-9-12(10-8-11)20(23)24/h3-10H,2H2,1H3,(H,19,22). The second-order valence-corrected chi connectivity index (χ2v) is 5.28. The monoisotopic (exact) mass is 354 g/mol. The second-order valence-electron chi connectivity index (χ2n) is 5.28. The van der Waals surface area contributed by atoms with E-state index in [-0.39, 0.29) is 29.3 Å². The number of benzene rings is 2. The summed E-state index contributed by atoms with van der Waals surface area (Å²) >= 11 is 0. The molecule has 0 aliphatic rings. The molecule has 0 spiro atoms. The SMILES string of the molecule is CCOC(=O)Nc1c(C(=O)c2ccc([N+](=O)[O-])cc2)oc2ccccc12. The number of nitro groups is 1. The van der Waals surface area contributed by atoms with Crippen LogP contribution in [0.3, 0.4) is 0 Å². The minimum atomic E-state index is -0.711. The Kier molecular flexibility index (Phi) is 4.66. The Morgan fingerprint density at radius 2 is 1.85 bits per heavy atom. The number of carbonyl (C=O) groups excluding carboxylic acids is 2. The van der Waals surface area contributed by atoms with Crippen molar-refractivity contribution >= 4 is 34.2 Å². The van der Waals surface area contributed by atoms with Gasteiger partial charge in [0.2, 0.25) is 5.78 Å². The molecule has 3 rings (SSSR count). The number of nitro benzene ring substituents is 1. The molecule has 0 aliphatic heterocycles. The Hall–Kier alpha value is -3.68. The third-order valence-corrected chi connectivity index (χ3v) is 3.64. The maximum atomic E-state index is 12.8. The number of ketones is 1. The lowest BCUT2D eigenvalue weighted by Gasteiger charge is -2.06. The highest BCUT2D eigenvalue weighted by atomic mass is 16.6. The highest BCUT2D eigenvalue weighted by Crippen LogP contribution is 2.32. The molecule has 1 N–H and O–H groups in total. The predicted molar refractivity (Wildman–Crippen MR) is 93.4 cm³/mol. The largest absolute Gasteiger partial charge is 0.450 e. The Labute approximate surface area is 147 Å². The number of para-hydroxylation sites is 1. The number of fused-ring (bicyclic) bond motifs is 1. The van der Waals surface area contributed by atoms with Crippen molar-refractivity contribution in [2.45, 2.75) is 6.92 Å². The summed E-state index contributed by atoms with van der Waals surface area (Å²) in [4.78, 5) is 34.8. The van der Waals surface area contributed by atoms with Crippen molar-refractivity contribution in [1.29, 1.82) is 0 Å². The van der Waals surface area contributed by atoms with E-state index in [1.165, 1.54) is 24.3 Å². The Morgan fingerprint density at radius 1 is 1.15 bits per heavy atom. The van der Waals surface area contributed by atoms with E-state index in [2.05, 4.69) is 5.32 Å². The highest BCUT2D eigenvalue weighted by molar-refractivity contribution is 6.16. The maximum absolute atomic E-state index is 12.8. The number of nitrogens with one attached hydrogen (secondary N) is 1. The second kappa shape index (κ2) is 7.06. The number of non-ortho nitro benzene ring substituents is 1. The maximum Gasteiger partial charge on any atom is 0.411 e. The molecule has 1 amide bonds. The van der Waals surface area contributed by atoms with E-state index in [1.54, 1.807) is 31.2 Å². The van der Waals surface area contributed by atoms with Gasteiger partial charge in [-0.25, -0.2) is 4.79 Å². The lowest BCUT2D eigenvalue weighted by atomic mass is 10.1. The van der Waals surface area contributed by atoms with E-state index in [0.29, 0.717) is 11.0 Å². The van der Waals surface area contributed by atoms with Crippen molar-refractivity contribution in [1.82, 2.24) is 0 Å². The van der Waals surface area contributed by atoms with Gasteiger partial charge in [-0.2, -0.15) is 0 Å². The average molecular weight is 354 g/mol. The van der Waals surface area contributed by atoms with Crippen molar-refractivity contribution in [2.24, 2.45) is 0 Å². The van der Waals surface area contributed by atoms with Crippen LogP contribution in [0.25, 0.3) is 11.0 Å². The lowest BCUT2D eigenvalue weighted by Crippen LogP contribution is -2.15. The average Bonchev–Trinajstić information content (AvgIpc) is 3.00. The first-order chi connectivity index (χ1) is 12.5. The van der Waals surface area contributed by atoms with Crippen LogP contribution in [-0.4, -0.2) is 23.4 Å². The molecule has 3 aromatic rings. The van der Waals surface area contributed by atoms with Crippen LogP contribution in [0, 0.1) is 10.1 Å². The van der Waals surface area contributed by atoms with Gasteiger partial charge in [-0.05, 0) is 31.2 Å². The molecule has 1 heterocycles. The molecule has 132 valence electrons. The van der Waals surface area contributed by atoms with E-state index < -0.39 is 16.8 Å². The van der Waals surface area contributed by atoms with Gasteiger partial charge < -0.3 is 9.15 Å². The third-order valence-electron chi connectivity index (χ3n) is 3.64. The van der Waals surface area contributed by atoms with Crippen LogP contribution in [-0.2, 0) is 4.74 Å². The zero-order valence-electron chi connectivity index (χ0n) is 13.7. The number of ether oxygens (including phenoxy) is 1. The Morgan fingerprint density at radius 3 is 2.50 bits per heavy atom. The first-order valence-electron chi connectivity index (χ1n) is 7.75. The molecule has 0 saturated heterocycles. The molecule has 0 saturated carbocycles. The number of nitrogens with zero attached hydrogens (tertiary/aromatic N) is 1. The summed E-state index contributed by atoms with van der Waals surface area (Å²) in [7, 11) is 0. The molecular formula is C18H14N2O6. The van der Waals surface area contributed by atoms with Crippen LogP contribution < -0.4 is 5.32 Å². The van der Waals surface area contributed by atoms with Crippen molar-refractivity contribution in [3.8, 4) is 0 Å². The van der Waals surface area contributed by atoms with Gasteiger partial charge in [0.05, 0.1) is 11.5 Å². The van der Waals surface area contributed by atoms with Gasteiger partial charge in [0, 0.05) is 23.1 Å². The van der Waals surface area contributed by atoms with Gasteiger partial charge in [0.15, 0.2) is 5.76 Å². The fourth-order valence-corrected chi connectivity index (χ4v) is 2.46. The van der Waals surface area contributed by atoms with E-state index in [1.807, 2.05) is 0 Å². The van der Waals surface area contributed by atoms with E-state index in [0.717, 1.165) is 0 Å². The fourth-order valence-electron chi connectivity index (χ4n) is 2.46. The molecule has 0 aliphatic carbocycles. The van der Waals surface area contributed by atoms with E-state index in [9.17, 15) is 19.7 Å². The van der Waals surface area contributed by atoms with Gasteiger partial charge in [0.1, 0.15) is 11.3 Å². The molecule has 8 heteroatoms. The molecule has 0 bridgehead atoms. The smallest absolute Gasteiger partial charge is 0.411 e. The van der Waals surface area contributed by atoms with Gasteiger partial charge in [-0.15, -0.1) is 0 Å². The highest BCUT2D eigenvalue weighted by Gasteiger charge is 2.24. The summed E-state index contributed by atoms with van der Waals surface area (Å²) in [5, 5.41) is 13.8. The number of carbonyl (C=O) groups is 2. The van der Waals surface area contributed by atoms with Crippen LogP contribution >= 0.6 is 0 Å². The zero-order chi connectivity index (χ0) is 18.7. The van der Waals surface area contributed by atoms with Crippen molar-refractivity contribution < 1.29 is 23.7 Å². The topological polar surface area (TPSA) is 112 Å². The number of hydrogen-bond acceptors (Lipinski definition) is 6. The van der Waals surface area contributed by atoms with Crippen LogP contribution in [0.4, 0.5) is 16.2 Å². The first kappa shape index (κ1) is 17.2. The Balaban J connectivity index is 2.04. The minimum Gasteiger partial charge on any atom is -0.450 e. The summed E-state index contributed by atoms with van der Waals surface area (Å²) < 4.78 is 10.5. The molecule has 26 heavy (non-hydrogen) atoms. The summed E-state index contributed by atoms with van der Waals surface area (Å²) in [6.07, 6.45) is -0.711. The van der Waals surface area contributed by atoms with Crippen LogP contribution in [0.5, 0.6) is 0 Å². The van der Waals surface area contributed by atoms with Crippen LogP contribution in [0.2, 0.25) is 0 Å². The first-order valence-corrected chi connectivity index (χ1v) is 7.75. The van der Waals surface area contributed by atoms with Gasteiger partial charge in [-0.3, -0.25) is 20.2 Å². The molecule has 0 radical (unpaired) electrons. The quantitative estimate of drug-likeness (QED) is 0.419. The summed E-state index contributed by atoms with van der Waals surface area (Å²) in [5.41, 5.74) is 0.685. The van der Waals surface area contributed by atoms with E-state index in [4.69, 9.17) is 9.15 Å². The third kappa shape index (κ3) is 3.25. The fraction of sp³-hybridized carbons (Fsp3) is 0.111. The Bertz CT molecular complexity index is 991. The molecular weight excluding hydrogens is 340 g/mol. The minimum absolute atomic E-state index is 0.0758. The van der Waals surface area contributed by atoms with Crippen molar-refractivity contribution in [3.05, 3.63) is 70.0 Å². The summed E-state index contributed by atoms with van der Waals surface area (Å²) in [5.74, 6) is -0.587. The predicted octanol–water partition coefficient (Wildman–Crippen LogP) is 4.14. The number of rotatable bonds is 5. The molecule has 0 atom stereocenters. The van der Waals surface area contributed by atoms with Gasteiger partial charge in [0.25, 0.3) is 5.69 Å². The number of hydrogen-bond donors (Lipinski definition) is 1.